The molecule has 3 aromatic carbocycles. The van der Waals surface area contributed by atoms with E-state index >= 15 is 0 Å². The van der Waals surface area contributed by atoms with Gasteiger partial charge in [0.1, 0.15) is 11.7 Å². The molecule has 172 valence electrons. The number of amides is 2. The van der Waals surface area contributed by atoms with Gasteiger partial charge in [-0.25, -0.2) is 14.4 Å². The lowest BCUT2D eigenvalue weighted by Crippen LogP contribution is -2.37. The molecule has 0 bridgehead atoms. The topological polar surface area (TPSA) is 93.0 Å². The van der Waals surface area contributed by atoms with Crippen molar-refractivity contribution in [2.24, 2.45) is 5.92 Å². The fourth-order valence-electron chi connectivity index (χ4n) is 4.52. The zero-order valence-electron chi connectivity index (χ0n) is 18.1. The molecule has 34 heavy (non-hydrogen) atoms. The van der Waals surface area contributed by atoms with E-state index in [0.717, 1.165) is 22.4 Å². The Bertz CT molecular complexity index is 1280. The van der Waals surface area contributed by atoms with Crippen LogP contribution in [0.25, 0.3) is 0 Å². The van der Waals surface area contributed by atoms with Crippen LogP contribution in [0, 0.1) is 21.8 Å². The lowest BCUT2D eigenvalue weighted by molar-refractivity contribution is -0.384. The summed E-state index contributed by atoms with van der Waals surface area (Å²) in [5.74, 6) is -2.40. The number of non-ortho nitro benzene ring substituents is 1. The summed E-state index contributed by atoms with van der Waals surface area (Å²) in [4.78, 5) is 44.6. The van der Waals surface area contributed by atoms with E-state index < -0.39 is 40.6 Å². The van der Waals surface area contributed by atoms with E-state index in [0.29, 0.717) is 5.69 Å². The number of nitro benzene ring substituents is 1. The molecular weight excluding hydrogens is 441 g/mol. The average Bonchev–Trinajstić information content (AvgIpc) is 3.36. The Hall–Kier alpha value is -4.11. The molecule has 0 radical (unpaired) electrons. The van der Waals surface area contributed by atoms with Crippen molar-refractivity contribution in [3.05, 3.63) is 99.9 Å². The number of hydroxylamine groups is 1. The summed E-state index contributed by atoms with van der Waals surface area (Å²) in [5.41, 5.74) is 2.32. The highest BCUT2D eigenvalue weighted by Gasteiger charge is 2.60. The van der Waals surface area contributed by atoms with Crippen molar-refractivity contribution in [2.75, 3.05) is 9.96 Å². The van der Waals surface area contributed by atoms with E-state index in [4.69, 9.17) is 4.84 Å². The minimum Gasteiger partial charge on any atom is -0.273 e. The first-order chi connectivity index (χ1) is 16.4. The van der Waals surface area contributed by atoms with E-state index in [-0.39, 0.29) is 11.4 Å². The number of imide groups is 1. The van der Waals surface area contributed by atoms with Gasteiger partial charge in [-0.15, -0.1) is 0 Å². The fraction of sp³-hybridized carbons (Fsp3) is 0.200. The van der Waals surface area contributed by atoms with Gasteiger partial charge >= 0.3 is 0 Å². The second kappa shape index (κ2) is 8.35. The summed E-state index contributed by atoms with van der Waals surface area (Å²) in [6.07, 6.45) is -0.287. The molecule has 0 spiro atoms. The maximum Gasteiger partial charge on any atom is 0.271 e. The summed E-state index contributed by atoms with van der Waals surface area (Å²) in [7, 11) is 0. The van der Waals surface area contributed by atoms with Gasteiger partial charge in [0.25, 0.3) is 11.6 Å². The van der Waals surface area contributed by atoms with Gasteiger partial charge < -0.3 is 0 Å². The van der Waals surface area contributed by atoms with Crippen molar-refractivity contribution in [3.63, 3.8) is 0 Å². The first kappa shape index (κ1) is 21.7. The molecular formula is C25H20FN3O5. The second-order valence-corrected chi connectivity index (χ2v) is 8.18. The third-order valence-corrected chi connectivity index (χ3v) is 6.22. The molecule has 0 aliphatic carbocycles. The molecule has 9 heteroatoms. The zero-order chi connectivity index (χ0) is 24.0. The Morgan fingerprint density at radius 3 is 2.32 bits per heavy atom. The van der Waals surface area contributed by atoms with Crippen LogP contribution < -0.4 is 9.96 Å². The Morgan fingerprint density at radius 2 is 1.68 bits per heavy atom. The van der Waals surface area contributed by atoms with Crippen LogP contribution in [0.2, 0.25) is 0 Å². The van der Waals surface area contributed by atoms with Crippen molar-refractivity contribution in [3.8, 4) is 0 Å². The SMILES string of the molecule is CCc1ccc([C@@H]2[C@@H]3C(=O)N(c4ccc(F)cc4)C(=O)[C@@H]3ON2c2cccc([N+](=O)[O-])c2)cc1. The number of nitro groups is 1. The molecule has 2 fully saturated rings. The maximum absolute atomic E-state index is 13.5. The van der Waals surface area contributed by atoms with Crippen LogP contribution >= 0.6 is 0 Å². The first-order valence-electron chi connectivity index (χ1n) is 10.8. The van der Waals surface area contributed by atoms with E-state index in [1.54, 1.807) is 6.07 Å². The van der Waals surface area contributed by atoms with E-state index in [2.05, 4.69) is 0 Å². The van der Waals surface area contributed by atoms with Crippen molar-refractivity contribution >= 4 is 28.9 Å². The Kier molecular flexibility index (Phi) is 5.33. The minimum absolute atomic E-state index is 0.135. The van der Waals surface area contributed by atoms with Gasteiger partial charge in [-0.1, -0.05) is 37.3 Å². The van der Waals surface area contributed by atoms with Crippen molar-refractivity contribution in [1.29, 1.82) is 0 Å². The number of rotatable bonds is 5. The fourth-order valence-corrected chi connectivity index (χ4v) is 4.52. The highest BCUT2D eigenvalue weighted by Crippen LogP contribution is 2.48. The summed E-state index contributed by atoms with van der Waals surface area (Å²) < 4.78 is 13.4. The molecule has 5 rings (SSSR count). The highest BCUT2D eigenvalue weighted by atomic mass is 19.1. The molecule has 2 aliphatic rings. The molecule has 2 saturated heterocycles. The Morgan fingerprint density at radius 1 is 0.971 bits per heavy atom. The second-order valence-electron chi connectivity index (χ2n) is 8.18. The number of fused-ring (bicyclic) bond motifs is 1. The number of carbonyl (C=O) groups excluding carboxylic acids is 2. The maximum atomic E-state index is 13.5. The number of hydrogen-bond donors (Lipinski definition) is 0. The third-order valence-electron chi connectivity index (χ3n) is 6.22. The highest BCUT2D eigenvalue weighted by molar-refractivity contribution is 6.23. The predicted octanol–water partition coefficient (Wildman–Crippen LogP) is 4.35. The van der Waals surface area contributed by atoms with Gasteiger partial charge in [0.2, 0.25) is 5.91 Å². The standard InChI is InChI=1S/C25H20FN3O5/c1-2-15-6-8-16(9-7-15)22-21-23(34-28(22)19-4-3-5-20(14-19)29(32)33)25(31)27(24(21)30)18-12-10-17(26)11-13-18/h3-14,21-23H,2H2,1H3/t21-,22+,23+/m0/s1. The minimum atomic E-state index is -1.12. The monoisotopic (exact) mass is 461 g/mol. The smallest absolute Gasteiger partial charge is 0.271 e. The van der Waals surface area contributed by atoms with Crippen LogP contribution in [-0.4, -0.2) is 22.8 Å². The van der Waals surface area contributed by atoms with Crippen LogP contribution in [-0.2, 0) is 20.8 Å². The number of halogens is 1. The summed E-state index contributed by atoms with van der Waals surface area (Å²) in [5, 5.41) is 12.7. The van der Waals surface area contributed by atoms with Gasteiger partial charge in [0.05, 0.1) is 22.3 Å². The summed E-state index contributed by atoms with van der Waals surface area (Å²) >= 11 is 0. The van der Waals surface area contributed by atoms with Crippen LogP contribution in [0.1, 0.15) is 24.1 Å². The van der Waals surface area contributed by atoms with Gasteiger partial charge in [0.15, 0.2) is 6.10 Å². The average molecular weight is 461 g/mol. The number of benzene rings is 3. The largest absolute Gasteiger partial charge is 0.273 e. The summed E-state index contributed by atoms with van der Waals surface area (Å²) in [6, 6.07) is 17.9. The summed E-state index contributed by atoms with van der Waals surface area (Å²) in [6.45, 7) is 2.03. The molecule has 0 N–H and O–H groups in total. The molecule has 0 aromatic heterocycles. The third kappa shape index (κ3) is 3.50. The van der Waals surface area contributed by atoms with Crippen LogP contribution in [0.3, 0.4) is 0 Å². The van der Waals surface area contributed by atoms with Crippen molar-refractivity contribution in [2.45, 2.75) is 25.5 Å². The molecule has 2 heterocycles. The number of anilines is 2. The van der Waals surface area contributed by atoms with Crippen molar-refractivity contribution < 1.29 is 23.7 Å². The Labute approximate surface area is 194 Å². The molecule has 3 atom stereocenters. The van der Waals surface area contributed by atoms with E-state index in [9.17, 15) is 24.1 Å². The van der Waals surface area contributed by atoms with E-state index in [1.807, 2.05) is 31.2 Å². The number of carbonyl (C=O) groups is 2. The van der Waals surface area contributed by atoms with Crippen LogP contribution in [0.15, 0.2) is 72.8 Å². The lowest BCUT2D eigenvalue weighted by atomic mass is 9.90. The number of hydrogen-bond acceptors (Lipinski definition) is 6. The molecule has 2 aliphatic heterocycles. The van der Waals surface area contributed by atoms with Gasteiger partial charge in [-0.05, 0) is 47.9 Å². The van der Waals surface area contributed by atoms with Gasteiger partial charge in [-0.2, -0.15) is 0 Å². The predicted molar refractivity (Wildman–Crippen MR) is 121 cm³/mol. The van der Waals surface area contributed by atoms with Crippen LogP contribution in [0.4, 0.5) is 21.5 Å². The molecule has 3 aromatic rings. The van der Waals surface area contributed by atoms with Crippen LogP contribution in [0.5, 0.6) is 0 Å². The van der Waals surface area contributed by atoms with E-state index in [1.165, 1.54) is 47.5 Å². The number of aryl methyl sites for hydroxylation is 1. The van der Waals surface area contributed by atoms with Gasteiger partial charge in [0, 0.05) is 12.1 Å². The molecule has 2 amide bonds. The molecule has 0 unspecified atom stereocenters. The quantitative estimate of drug-likeness (QED) is 0.319. The van der Waals surface area contributed by atoms with Crippen molar-refractivity contribution in [1.82, 2.24) is 0 Å². The first-order valence-corrected chi connectivity index (χ1v) is 10.8. The zero-order valence-corrected chi connectivity index (χ0v) is 18.1. The Balaban J connectivity index is 1.58. The molecule has 0 saturated carbocycles. The molecule has 8 nitrogen and oxygen atoms in total. The van der Waals surface area contributed by atoms with Gasteiger partial charge in [-0.3, -0.25) is 24.5 Å². The normalized spacial score (nSPS) is 21.8. The lowest BCUT2D eigenvalue weighted by Gasteiger charge is -2.28. The number of nitrogens with zero attached hydrogens (tertiary/aromatic N) is 3.